The molecule has 0 saturated carbocycles. The van der Waals surface area contributed by atoms with E-state index in [1.807, 2.05) is 19.9 Å². The summed E-state index contributed by atoms with van der Waals surface area (Å²) in [5.41, 5.74) is 2.07. The number of nitrogens with one attached hydrogen (secondary N) is 2. The van der Waals surface area contributed by atoms with E-state index in [0.29, 0.717) is 30.8 Å². The fourth-order valence-electron chi connectivity index (χ4n) is 2.15. The SMILES string of the molecule is CCNC(=NCc1noc(C)n1)NCCc1ccc(F)cc1C.I. The quantitative estimate of drug-likeness (QED) is 0.405. The lowest BCUT2D eigenvalue weighted by Crippen LogP contribution is -2.38. The molecule has 0 atom stereocenters. The fraction of sp³-hybridized carbons (Fsp3) is 0.438. The second-order valence-corrected chi connectivity index (χ2v) is 5.17. The van der Waals surface area contributed by atoms with E-state index in [4.69, 9.17) is 4.52 Å². The van der Waals surface area contributed by atoms with E-state index >= 15 is 0 Å². The molecule has 0 saturated heterocycles. The third kappa shape index (κ3) is 6.42. The zero-order valence-electron chi connectivity index (χ0n) is 14.1. The van der Waals surface area contributed by atoms with Crippen LogP contribution in [-0.4, -0.2) is 29.2 Å². The first-order valence-corrected chi connectivity index (χ1v) is 7.65. The van der Waals surface area contributed by atoms with Crippen LogP contribution in [0.5, 0.6) is 0 Å². The van der Waals surface area contributed by atoms with Crippen molar-refractivity contribution in [3.05, 3.63) is 46.9 Å². The van der Waals surface area contributed by atoms with Crippen molar-refractivity contribution in [1.82, 2.24) is 20.8 Å². The van der Waals surface area contributed by atoms with E-state index < -0.39 is 0 Å². The predicted octanol–water partition coefficient (Wildman–Crippen LogP) is 2.74. The molecule has 0 aliphatic rings. The molecule has 2 N–H and O–H groups in total. The molecule has 2 rings (SSSR count). The molecule has 1 heterocycles. The summed E-state index contributed by atoms with van der Waals surface area (Å²) in [5.74, 6) is 1.56. The maximum absolute atomic E-state index is 13.1. The van der Waals surface area contributed by atoms with Crippen LogP contribution in [0.15, 0.2) is 27.7 Å². The monoisotopic (exact) mass is 447 g/mol. The highest BCUT2D eigenvalue weighted by Gasteiger charge is 2.04. The molecule has 0 fully saturated rings. The highest BCUT2D eigenvalue weighted by Crippen LogP contribution is 2.10. The molecule has 2 aromatic rings. The van der Waals surface area contributed by atoms with Crippen molar-refractivity contribution in [2.45, 2.75) is 33.7 Å². The molecule has 0 aliphatic carbocycles. The standard InChI is InChI=1S/C16H22FN5O.HI/c1-4-18-16(20-10-15-21-12(3)23-22-15)19-8-7-13-5-6-14(17)9-11(13)2;/h5-6,9H,4,7-8,10H2,1-3H3,(H2,18,19,20);1H. The van der Waals surface area contributed by atoms with Gasteiger partial charge in [0.1, 0.15) is 12.4 Å². The summed E-state index contributed by atoms with van der Waals surface area (Å²) in [5, 5.41) is 10.2. The predicted molar refractivity (Wildman–Crippen MR) is 102 cm³/mol. The van der Waals surface area contributed by atoms with Gasteiger partial charge < -0.3 is 15.2 Å². The highest BCUT2D eigenvalue weighted by atomic mass is 127. The van der Waals surface area contributed by atoms with Crippen molar-refractivity contribution in [3.63, 3.8) is 0 Å². The molecule has 1 aromatic heterocycles. The minimum absolute atomic E-state index is 0. The van der Waals surface area contributed by atoms with Crippen LogP contribution in [0.1, 0.15) is 29.8 Å². The summed E-state index contributed by atoms with van der Waals surface area (Å²) in [6.45, 7) is 7.46. The zero-order chi connectivity index (χ0) is 16.7. The lowest BCUT2D eigenvalue weighted by molar-refractivity contribution is 0.387. The number of aryl methyl sites for hydroxylation is 2. The van der Waals surface area contributed by atoms with E-state index in [2.05, 4.69) is 25.8 Å². The summed E-state index contributed by atoms with van der Waals surface area (Å²) < 4.78 is 18.0. The summed E-state index contributed by atoms with van der Waals surface area (Å²) in [6, 6.07) is 4.85. The van der Waals surface area contributed by atoms with Gasteiger partial charge >= 0.3 is 0 Å². The van der Waals surface area contributed by atoms with Crippen molar-refractivity contribution in [2.75, 3.05) is 13.1 Å². The Hall–Kier alpha value is -1.71. The number of rotatable bonds is 6. The second kappa shape index (κ2) is 10.2. The van der Waals surface area contributed by atoms with Crippen LogP contribution in [0.25, 0.3) is 0 Å². The Morgan fingerprint density at radius 3 is 2.71 bits per heavy atom. The highest BCUT2D eigenvalue weighted by molar-refractivity contribution is 14.0. The van der Waals surface area contributed by atoms with Gasteiger partial charge in [0.15, 0.2) is 11.8 Å². The Morgan fingerprint density at radius 2 is 2.08 bits per heavy atom. The molecule has 0 aliphatic heterocycles. The van der Waals surface area contributed by atoms with E-state index in [0.717, 1.165) is 24.1 Å². The Labute approximate surface area is 158 Å². The molecule has 1 aromatic carbocycles. The molecule has 8 heteroatoms. The zero-order valence-corrected chi connectivity index (χ0v) is 16.4. The van der Waals surface area contributed by atoms with Gasteiger partial charge in [-0.15, -0.1) is 24.0 Å². The summed E-state index contributed by atoms with van der Waals surface area (Å²) >= 11 is 0. The topological polar surface area (TPSA) is 75.3 Å². The first-order valence-electron chi connectivity index (χ1n) is 7.65. The molecular weight excluding hydrogens is 424 g/mol. The van der Waals surface area contributed by atoms with Crippen LogP contribution in [0.2, 0.25) is 0 Å². The van der Waals surface area contributed by atoms with Crippen LogP contribution >= 0.6 is 24.0 Å². The number of nitrogens with zero attached hydrogens (tertiary/aromatic N) is 3. The first kappa shape index (κ1) is 20.3. The summed E-state index contributed by atoms with van der Waals surface area (Å²) in [4.78, 5) is 8.53. The van der Waals surface area contributed by atoms with Gasteiger partial charge in [0.05, 0.1) is 0 Å². The van der Waals surface area contributed by atoms with Crippen LogP contribution < -0.4 is 10.6 Å². The summed E-state index contributed by atoms with van der Waals surface area (Å²) in [6.07, 6.45) is 0.790. The number of hydrogen-bond donors (Lipinski definition) is 2. The third-order valence-corrected chi connectivity index (χ3v) is 3.28. The smallest absolute Gasteiger partial charge is 0.223 e. The van der Waals surface area contributed by atoms with Gasteiger partial charge in [0.2, 0.25) is 5.89 Å². The number of aliphatic imine (C=N–C) groups is 1. The van der Waals surface area contributed by atoms with Crippen LogP contribution in [0, 0.1) is 19.7 Å². The number of hydrogen-bond acceptors (Lipinski definition) is 4. The Kier molecular flexibility index (Phi) is 8.66. The molecule has 0 radical (unpaired) electrons. The Morgan fingerprint density at radius 1 is 1.29 bits per heavy atom. The minimum Gasteiger partial charge on any atom is -0.357 e. The van der Waals surface area contributed by atoms with Gasteiger partial charge in [0.25, 0.3) is 0 Å². The van der Waals surface area contributed by atoms with Gasteiger partial charge in [-0.2, -0.15) is 4.98 Å². The molecule has 0 bridgehead atoms. The molecule has 0 spiro atoms. The van der Waals surface area contributed by atoms with Gasteiger partial charge in [-0.05, 0) is 43.5 Å². The van der Waals surface area contributed by atoms with Gasteiger partial charge in [-0.25, -0.2) is 9.38 Å². The van der Waals surface area contributed by atoms with Gasteiger partial charge in [0, 0.05) is 20.0 Å². The van der Waals surface area contributed by atoms with Crippen LogP contribution in [0.3, 0.4) is 0 Å². The normalized spacial score (nSPS) is 11.1. The number of benzene rings is 1. The van der Waals surface area contributed by atoms with E-state index in [9.17, 15) is 4.39 Å². The van der Waals surface area contributed by atoms with Crippen LogP contribution in [-0.2, 0) is 13.0 Å². The van der Waals surface area contributed by atoms with Crippen molar-refractivity contribution in [3.8, 4) is 0 Å². The maximum atomic E-state index is 13.1. The van der Waals surface area contributed by atoms with Crippen molar-refractivity contribution < 1.29 is 8.91 Å². The molecule has 0 amide bonds. The van der Waals surface area contributed by atoms with Crippen molar-refractivity contribution in [1.29, 1.82) is 0 Å². The average Bonchev–Trinajstić information content (AvgIpc) is 2.92. The maximum Gasteiger partial charge on any atom is 0.223 e. The van der Waals surface area contributed by atoms with Crippen LogP contribution in [0.4, 0.5) is 4.39 Å². The van der Waals surface area contributed by atoms with E-state index in [-0.39, 0.29) is 29.8 Å². The number of aromatic nitrogens is 2. The van der Waals surface area contributed by atoms with E-state index in [1.54, 1.807) is 13.0 Å². The largest absolute Gasteiger partial charge is 0.357 e. The van der Waals surface area contributed by atoms with Gasteiger partial charge in [-0.3, -0.25) is 0 Å². The molecule has 6 nitrogen and oxygen atoms in total. The number of halogens is 2. The molecule has 24 heavy (non-hydrogen) atoms. The molecule has 132 valence electrons. The van der Waals surface area contributed by atoms with Gasteiger partial charge in [-0.1, -0.05) is 11.2 Å². The number of guanidine groups is 1. The average molecular weight is 447 g/mol. The van der Waals surface area contributed by atoms with E-state index in [1.165, 1.54) is 6.07 Å². The molecular formula is C16H23FIN5O. The van der Waals surface area contributed by atoms with Crippen molar-refractivity contribution in [2.24, 2.45) is 4.99 Å². The lowest BCUT2D eigenvalue weighted by atomic mass is 10.1. The Bertz CT molecular complexity index is 674. The fourth-order valence-corrected chi connectivity index (χ4v) is 2.15. The first-order chi connectivity index (χ1) is 11.1. The van der Waals surface area contributed by atoms with Crippen molar-refractivity contribution >= 4 is 29.9 Å². The third-order valence-electron chi connectivity index (χ3n) is 3.28. The Balaban J connectivity index is 0.00000288. The molecule has 0 unspecified atom stereocenters. The second-order valence-electron chi connectivity index (χ2n) is 5.17. The summed E-state index contributed by atoms with van der Waals surface area (Å²) in [7, 11) is 0. The lowest BCUT2D eigenvalue weighted by Gasteiger charge is -2.12. The minimum atomic E-state index is -0.204.